The van der Waals surface area contributed by atoms with E-state index in [9.17, 15) is 9.18 Å². The van der Waals surface area contributed by atoms with E-state index < -0.39 is 0 Å². The maximum atomic E-state index is 13.2. The lowest BCUT2D eigenvalue weighted by atomic mass is 9.94. The predicted octanol–water partition coefficient (Wildman–Crippen LogP) is 4.24. The second-order valence-electron chi connectivity index (χ2n) is 6.20. The molecule has 0 radical (unpaired) electrons. The summed E-state index contributed by atoms with van der Waals surface area (Å²) in [6.45, 7) is 1.40. The van der Waals surface area contributed by atoms with Gasteiger partial charge in [-0.2, -0.15) is 0 Å². The normalized spacial score (nSPS) is 18.1. The SMILES string of the molecule is COc1ccccc1C(=O)N1CCCCC(c2ccc(F)cc2)C1. The van der Waals surface area contributed by atoms with Crippen LogP contribution in [0.15, 0.2) is 48.5 Å². The highest BCUT2D eigenvalue weighted by molar-refractivity contribution is 5.97. The van der Waals surface area contributed by atoms with Crippen molar-refractivity contribution in [2.45, 2.75) is 25.2 Å². The maximum Gasteiger partial charge on any atom is 0.257 e. The number of rotatable bonds is 3. The summed E-state index contributed by atoms with van der Waals surface area (Å²) in [6.07, 6.45) is 3.07. The van der Waals surface area contributed by atoms with Gasteiger partial charge in [0.1, 0.15) is 11.6 Å². The van der Waals surface area contributed by atoms with Gasteiger partial charge in [-0.05, 0) is 42.7 Å². The lowest BCUT2D eigenvalue weighted by molar-refractivity contribution is 0.0751. The first-order chi connectivity index (χ1) is 11.7. The summed E-state index contributed by atoms with van der Waals surface area (Å²) in [7, 11) is 1.58. The third-order valence-corrected chi connectivity index (χ3v) is 4.64. The minimum Gasteiger partial charge on any atom is -0.496 e. The summed E-state index contributed by atoms with van der Waals surface area (Å²) in [5, 5.41) is 0. The first-order valence-electron chi connectivity index (χ1n) is 8.37. The molecule has 1 unspecified atom stereocenters. The molecule has 1 amide bonds. The molecule has 1 fully saturated rings. The Balaban J connectivity index is 1.82. The molecule has 0 N–H and O–H groups in total. The number of hydrogen-bond acceptors (Lipinski definition) is 2. The fourth-order valence-corrected chi connectivity index (χ4v) is 3.33. The molecule has 126 valence electrons. The molecular formula is C20H22FNO2. The van der Waals surface area contributed by atoms with Gasteiger partial charge in [-0.25, -0.2) is 4.39 Å². The standard InChI is InChI=1S/C20H22FNO2/c1-24-19-8-3-2-7-18(19)20(23)22-13-5-4-6-16(14-22)15-9-11-17(21)12-10-15/h2-3,7-12,16H,4-6,13-14H2,1H3. The minimum absolute atomic E-state index is 0.00135. The van der Waals surface area contributed by atoms with Gasteiger partial charge in [0.2, 0.25) is 0 Å². The number of para-hydroxylation sites is 1. The van der Waals surface area contributed by atoms with Crippen LogP contribution < -0.4 is 4.74 Å². The molecule has 3 rings (SSSR count). The molecule has 1 saturated heterocycles. The van der Waals surface area contributed by atoms with Crippen LogP contribution in [0.25, 0.3) is 0 Å². The maximum absolute atomic E-state index is 13.2. The topological polar surface area (TPSA) is 29.5 Å². The lowest BCUT2D eigenvalue weighted by Crippen LogP contribution is -2.34. The van der Waals surface area contributed by atoms with Gasteiger partial charge in [-0.1, -0.05) is 30.7 Å². The van der Waals surface area contributed by atoms with E-state index in [2.05, 4.69) is 0 Å². The predicted molar refractivity (Wildman–Crippen MR) is 91.9 cm³/mol. The van der Waals surface area contributed by atoms with Crippen LogP contribution in [0.1, 0.15) is 41.1 Å². The highest BCUT2D eigenvalue weighted by Gasteiger charge is 2.25. The van der Waals surface area contributed by atoms with E-state index in [4.69, 9.17) is 4.74 Å². The zero-order chi connectivity index (χ0) is 16.9. The van der Waals surface area contributed by atoms with Crippen LogP contribution in [0.4, 0.5) is 4.39 Å². The Morgan fingerprint density at radius 1 is 1.12 bits per heavy atom. The van der Waals surface area contributed by atoms with Crippen LogP contribution >= 0.6 is 0 Å². The van der Waals surface area contributed by atoms with Crippen molar-refractivity contribution >= 4 is 5.91 Å². The number of methoxy groups -OCH3 is 1. The minimum atomic E-state index is -0.227. The van der Waals surface area contributed by atoms with Crippen molar-refractivity contribution in [1.82, 2.24) is 4.90 Å². The van der Waals surface area contributed by atoms with Gasteiger partial charge in [0, 0.05) is 19.0 Å². The largest absolute Gasteiger partial charge is 0.496 e. The summed E-state index contributed by atoms with van der Waals surface area (Å²) in [6, 6.07) is 14.0. The third kappa shape index (κ3) is 3.58. The number of amides is 1. The molecule has 1 aliphatic heterocycles. The highest BCUT2D eigenvalue weighted by Crippen LogP contribution is 2.28. The van der Waals surface area contributed by atoms with Crippen LogP contribution in [0, 0.1) is 5.82 Å². The average molecular weight is 327 g/mol. The lowest BCUT2D eigenvalue weighted by Gasteiger charge is -2.25. The number of carbonyl (C=O) groups is 1. The van der Waals surface area contributed by atoms with Gasteiger partial charge < -0.3 is 9.64 Å². The van der Waals surface area contributed by atoms with E-state index in [-0.39, 0.29) is 17.6 Å². The van der Waals surface area contributed by atoms with Gasteiger partial charge in [-0.3, -0.25) is 4.79 Å². The molecule has 1 aliphatic rings. The number of ether oxygens (including phenoxy) is 1. The molecule has 2 aromatic rings. The first kappa shape index (κ1) is 16.5. The summed E-state index contributed by atoms with van der Waals surface area (Å²) in [5.74, 6) is 0.618. The molecule has 3 nitrogen and oxygen atoms in total. The second-order valence-corrected chi connectivity index (χ2v) is 6.20. The van der Waals surface area contributed by atoms with E-state index in [1.54, 1.807) is 13.2 Å². The van der Waals surface area contributed by atoms with Gasteiger partial charge in [0.05, 0.1) is 12.7 Å². The number of nitrogens with zero attached hydrogens (tertiary/aromatic N) is 1. The second kappa shape index (κ2) is 7.47. The van der Waals surface area contributed by atoms with Crippen molar-refractivity contribution in [2.24, 2.45) is 0 Å². The number of carbonyl (C=O) groups excluding carboxylic acids is 1. The Hall–Kier alpha value is -2.36. The fraction of sp³-hybridized carbons (Fsp3) is 0.350. The number of likely N-dealkylation sites (tertiary alicyclic amines) is 1. The van der Waals surface area contributed by atoms with Crippen molar-refractivity contribution in [3.8, 4) is 5.75 Å². The van der Waals surface area contributed by atoms with E-state index in [1.807, 2.05) is 35.2 Å². The molecular weight excluding hydrogens is 305 g/mol. The van der Waals surface area contributed by atoms with Crippen molar-refractivity contribution < 1.29 is 13.9 Å². The van der Waals surface area contributed by atoms with Gasteiger partial charge in [0.15, 0.2) is 0 Å². The fourth-order valence-electron chi connectivity index (χ4n) is 3.33. The zero-order valence-corrected chi connectivity index (χ0v) is 13.9. The Kier molecular flexibility index (Phi) is 5.14. The molecule has 1 heterocycles. The van der Waals surface area contributed by atoms with Crippen molar-refractivity contribution in [1.29, 1.82) is 0 Å². The van der Waals surface area contributed by atoms with Crippen LogP contribution in [0.5, 0.6) is 5.75 Å². The molecule has 24 heavy (non-hydrogen) atoms. The van der Waals surface area contributed by atoms with E-state index in [0.717, 1.165) is 31.4 Å². The average Bonchev–Trinajstić information content (AvgIpc) is 2.88. The van der Waals surface area contributed by atoms with Gasteiger partial charge in [-0.15, -0.1) is 0 Å². The smallest absolute Gasteiger partial charge is 0.257 e. The van der Waals surface area contributed by atoms with Crippen LogP contribution in [-0.2, 0) is 0 Å². The van der Waals surface area contributed by atoms with Gasteiger partial charge in [0.25, 0.3) is 5.91 Å². The Morgan fingerprint density at radius 2 is 1.88 bits per heavy atom. The molecule has 4 heteroatoms. The van der Waals surface area contributed by atoms with Crippen LogP contribution in [0.3, 0.4) is 0 Å². The van der Waals surface area contributed by atoms with Crippen LogP contribution in [-0.4, -0.2) is 31.0 Å². The van der Waals surface area contributed by atoms with Crippen molar-refractivity contribution in [2.75, 3.05) is 20.2 Å². The van der Waals surface area contributed by atoms with Crippen molar-refractivity contribution in [3.05, 3.63) is 65.5 Å². The molecule has 1 atom stereocenters. The van der Waals surface area contributed by atoms with Crippen LogP contribution in [0.2, 0.25) is 0 Å². The third-order valence-electron chi connectivity index (χ3n) is 4.64. The van der Waals surface area contributed by atoms with E-state index >= 15 is 0 Å². The quantitative estimate of drug-likeness (QED) is 0.844. The first-order valence-corrected chi connectivity index (χ1v) is 8.37. The molecule has 2 aromatic carbocycles. The number of hydrogen-bond donors (Lipinski definition) is 0. The van der Waals surface area contributed by atoms with E-state index in [0.29, 0.717) is 17.9 Å². The molecule has 0 saturated carbocycles. The Morgan fingerprint density at radius 3 is 2.62 bits per heavy atom. The Labute approximate surface area is 142 Å². The molecule has 0 aromatic heterocycles. The highest BCUT2D eigenvalue weighted by atomic mass is 19.1. The summed E-state index contributed by atoms with van der Waals surface area (Å²) in [5.41, 5.74) is 1.69. The molecule has 0 bridgehead atoms. The summed E-state index contributed by atoms with van der Waals surface area (Å²) in [4.78, 5) is 14.9. The number of halogens is 1. The van der Waals surface area contributed by atoms with E-state index in [1.165, 1.54) is 12.1 Å². The van der Waals surface area contributed by atoms with Crippen molar-refractivity contribution in [3.63, 3.8) is 0 Å². The molecule has 0 aliphatic carbocycles. The number of benzene rings is 2. The zero-order valence-electron chi connectivity index (χ0n) is 13.9. The molecule has 0 spiro atoms. The Bertz CT molecular complexity index is 699. The summed E-state index contributed by atoms with van der Waals surface area (Å²) >= 11 is 0. The monoisotopic (exact) mass is 327 g/mol. The summed E-state index contributed by atoms with van der Waals surface area (Å²) < 4.78 is 18.5. The van der Waals surface area contributed by atoms with Gasteiger partial charge >= 0.3 is 0 Å².